The topological polar surface area (TPSA) is 15.3 Å². The lowest BCUT2D eigenvalue weighted by Gasteiger charge is -2.30. The lowest BCUT2D eigenvalue weighted by molar-refractivity contribution is 0.380. The monoisotopic (exact) mass is 458 g/mol. The van der Waals surface area contributed by atoms with E-state index in [4.69, 9.17) is 11.6 Å². The van der Waals surface area contributed by atoms with Gasteiger partial charge in [-0.1, -0.05) is 73.5 Å². The molecule has 3 aromatic rings. The van der Waals surface area contributed by atoms with E-state index in [1.807, 2.05) is 12.1 Å². The summed E-state index contributed by atoms with van der Waals surface area (Å²) < 4.78 is 0. The van der Waals surface area contributed by atoms with Crippen molar-refractivity contribution in [2.75, 3.05) is 18.9 Å². The summed E-state index contributed by atoms with van der Waals surface area (Å²) in [6, 6.07) is 26.5. The molecular formula is C30H35ClN2. The van der Waals surface area contributed by atoms with Crippen LogP contribution in [0.15, 0.2) is 78.4 Å². The van der Waals surface area contributed by atoms with Gasteiger partial charge in [0.25, 0.3) is 0 Å². The minimum Gasteiger partial charge on any atom is -0.385 e. The van der Waals surface area contributed by atoms with Crippen LogP contribution in [0.25, 0.3) is 5.70 Å². The van der Waals surface area contributed by atoms with E-state index in [-0.39, 0.29) is 6.04 Å². The predicted molar refractivity (Wildman–Crippen MR) is 143 cm³/mol. The second-order valence-electron chi connectivity index (χ2n) is 9.11. The molecule has 0 amide bonds. The standard InChI is InChI=1S/C30H35ClN2/c1-4-5-23-6-8-24(9-7-23)20-21-32-29-18-14-27(15-19-29)30(26-10-11-26)33(3)22(2)25-12-16-28(31)17-13-25/h6-9,12-19,22,32H,4-5,10-11,20-21H2,1-3H3. The molecule has 1 fully saturated rings. The van der Waals surface area contributed by atoms with Gasteiger partial charge in [-0.15, -0.1) is 0 Å². The maximum absolute atomic E-state index is 6.09. The minimum atomic E-state index is 0.284. The Bertz CT molecular complexity index is 1060. The van der Waals surface area contributed by atoms with Gasteiger partial charge in [0, 0.05) is 30.0 Å². The fraction of sp³-hybridized carbons (Fsp3) is 0.333. The van der Waals surface area contributed by atoms with Crippen molar-refractivity contribution in [2.24, 2.45) is 0 Å². The molecule has 3 aromatic carbocycles. The number of benzene rings is 3. The van der Waals surface area contributed by atoms with Gasteiger partial charge in [0.05, 0.1) is 6.04 Å². The van der Waals surface area contributed by atoms with E-state index in [0.717, 1.165) is 24.4 Å². The number of nitrogens with one attached hydrogen (secondary N) is 1. The first kappa shape index (κ1) is 23.4. The van der Waals surface area contributed by atoms with Crippen LogP contribution >= 0.6 is 11.6 Å². The number of hydrogen-bond donors (Lipinski definition) is 1. The van der Waals surface area contributed by atoms with Gasteiger partial charge in [0.1, 0.15) is 0 Å². The summed E-state index contributed by atoms with van der Waals surface area (Å²) in [5.74, 6) is 0. The van der Waals surface area contributed by atoms with Gasteiger partial charge in [-0.25, -0.2) is 0 Å². The van der Waals surface area contributed by atoms with Gasteiger partial charge in [-0.2, -0.15) is 0 Å². The van der Waals surface area contributed by atoms with E-state index < -0.39 is 0 Å². The number of nitrogens with zero attached hydrogens (tertiary/aromatic N) is 1. The number of hydrogen-bond acceptors (Lipinski definition) is 2. The fourth-order valence-corrected chi connectivity index (χ4v) is 4.50. The van der Waals surface area contributed by atoms with Gasteiger partial charge < -0.3 is 10.2 Å². The van der Waals surface area contributed by atoms with Crippen molar-refractivity contribution in [2.45, 2.75) is 52.0 Å². The van der Waals surface area contributed by atoms with Crippen LogP contribution in [0.3, 0.4) is 0 Å². The van der Waals surface area contributed by atoms with Crippen LogP contribution in [0.5, 0.6) is 0 Å². The third-order valence-corrected chi connectivity index (χ3v) is 6.84. The second kappa shape index (κ2) is 10.9. The average molecular weight is 459 g/mol. The SMILES string of the molecule is CCCc1ccc(CCNc2ccc(C(=C3CC3)N(C)C(C)c3ccc(Cl)cc3)cc2)cc1. The molecule has 0 aromatic heterocycles. The molecule has 1 aliphatic rings. The number of allylic oxidation sites excluding steroid dienone is 1. The van der Waals surface area contributed by atoms with Gasteiger partial charge in [-0.3, -0.25) is 0 Å². The van der Waals surface area contributed by atoms with Crippen LogP contribution in [0.2, 0.25) is 5.02 Å². The molecule has 33 heavy (non-hydrogen) atoms. The van der Waals surface area contributed by atoms with Crippen LogP contribution in [-0.2, 0) is 12.8 Å². The average Bonchev–Trinajstić information content (AvgIpc) is 3.67. The van der Waals surface area contributed by atoms with Gasteiger partial charge in [0.2, 0.25) is 0 Å². The first-order chi connectivity index (χ1) is 16.0. The highest BCUT2D eigenvalue weighted by Gasteiger charge is 2.25. The first-order valence-corrected chi connectivity index (χ1v) is 12.6. The summed E-state index contributed by atoms with van der Waals surface area (Å²) >= 11 is 6.09. The molecule has 172 valence electrons. The number of aryl methyl sites for hydroxylation is 1. The van der Waals surface area contributed by atoms with E-state index in [1.54, 1.807) is 5.57 Å². The summed E-state index contributed by atoms with van der Waals surface area (Å²) in [5.41, 5.74) is 9.49. The van der Waals surface area contributed by atoms with E-state index in [1.165, 1.54) is 52.9 Å². The van der Waals surface area contributed by atoms with E-state index in [2.05, 4.69) is 91.8 Å². The Kier molecular flexibility index (Phi) is 7.77. The molecule has 0 radical (unpaired) electrons. The Morgan fingerprint density at radius 1 is 0.879 bits per heavy atom. The van der Waals surface area contributed by atoms with E-state index in [9.17, 15) is 0 Å². The van der Waals surface area contributed by atoms with Crippen molar-refractivity contribution in [3.8, 4) is 0 Å². The smallest absolute Gasteiger partial charge is 0.0511 e. The summed E-state index contributed by atoms with van der Waals surface area (Å²) in [5, 5.41) is 4.37. The van der Waals surface area contributed by atoms with Crippen molar-refractivity contribution >= 4 is 23.0 Å². The molecule has 1 atom stereocenters. The summed E-state index contributed by atoms with van der Waals surface area (Å²) in [7, 11) is 2.21. The Balaban J connectivity index is 1.37. The summed E-state index contributed by atoms with van der Waals surface area (Å²) in [6.07, 6.45) is 5.79. The number of rotatable bonds is 10. The molecule has 2 nitrogen and oxygen atoms in total. The van der Waals surface area contributed by atoms with Crippen molar-refractivity contribution in [3.05, 3.63) is 106 Å². The molecule has 0 saturated heterocycles. The van der Waals surface area contributed by atoms with Crippen LogP contribution in [-0.4, -0.2) is 18.5 Å². The highest BCUT2D eigenvalue weighted by Crippen LogP contribution is 2.41. The zero-order chi connectivity index (χ0) is 23.2. The van der Waals surface area contributed by atoms with Crippen LogP contribution in [0, 0.1) is 0 Å². The molecule has 1 N–H and O–H groups in total. The minimum absolute atomic E-state index is 0.284. The summed E-state index contributed by atoms with van der Waals surface area (Å²) in [4.78, 5) is 2.41. The van der Waals surface area contributed by atoms with Crippen molar-refractivity contribution in [1.82, 2.24) is 4.90 Å². The molecule has 3 heteroatoms. The highest BCUT2D eigenvalue weighted by molar-refractivity contribution is 6.30. The lowest BCUT2D eigenvalue weighted by atomic mass is 10.0. The molecule has 1 unspecified atom stereocenters. The Hall–Kier alpha value is -2.71. The number of anilines is 1. The van der Waals surface area contributed by atoms with Crippen LogP contribution in [0.4, 0.5) is 5.69 Å². The highest BCUT2D eigenvalue weighted by atomic mass is 35.5. The Morgan fingerprint density at radius 2 is 1.48 bits per heavy atom. The summed E-state index contributed by atoms with van der Waals surface area (Å²) in [6.45, 7) is 5.43. The van der Waals surface area contributed by atoms with Crippen molar-refractivity contribution in [1.29, 1.82) is 0 Å². The van der Waals surface area contributed by atoms with Gasteiger partial charge >= 0.3 is 0 Å². The first-order valence-electron chi connectivity index (χ1n) is 12.2. The van der Waals surface area contributed by atoms with Crippen molar-refractivity contribution in [3.63, 3.8) is 0 Å². The normalized spacial score (nSPS) is 13.5. The molecular weight excluding hydrogens is 424 g/mol. The quantitative estimate of drug-likeness (QED) is 0.329. The fourth-order valence-electron chi connectivity index (χ4n) is 4.37. The van der Waals surface area contributed by atoms with Crippen molar-refractivity contribution < 1.29 is 0 Å². The predicted octanol–water partition coefficient (Wildman–Crippen LogP) is 8.15. The van der Waals surface area contributed by atoms with E-state index in [0.29, 0.717) is 0 Å². The van der Waals surface area contributed by atoms with Crippen LogP contribution in [0.1, 0.15) is 61.4 Å². The second-order valence-corrected chi connectivity index (χ2v) is 9.55. The molecule has 1 saturated carbocycles. The number of halogens is 1. The molecule has 1 aliphatic carbocycles. The Morgan fingerprint density at radius 3 is 2.06 bits per heavy atom. The third kappa shape index (κ3) is 6.21. The molecule has 4 rings (SSSR count). The maximum Gasteiger partial charge on any atom is 0.0511 e. The zero-order valence-electron chi connectivity index (χ0n) is 20.1. The molecule has 0 bridgehead atoms. The Labute approximate surface area is 204 Å². The molecule has 0 heterocycles. The third-order valence-electron chi connectivity index (χ3n) is 6.58. The molecule has 0 aliphatic heterocycles. The lowest BCUT2D eigenvalue weighted by Crippen LogP contribution is -2.21. The largest absolute Gasteiger partial charge is 0.385 e. The van der Waals surface area contributed by atoms with Gasteiger partial charge in [-0.05, 0) is 84.7 Å². The molecule has 0 spiro atoms. The van der Waals surface area contributed by atoms with Gasteiger partial charge in [0.15, 0.2) is 0 Å². The van der Waals surface area contributed by atoms with E-state index >= 15 is 0 Å². The van der Waals surface area contributed by atoms with Crippen LogP contribution < -0.4 is 5.32 Å². The zero-order valence-corrected chi connectivity index (χ0v) is 20.8. The maximum atomic E-state index is 6.09.